The van der Waals surface area contributed by atoms with Crippen molar-refractivity contribution in [3.05, 3.63) is 23.8 Å². The first-order valence-electron chi connectivity index (χ1n) is 6.21. The van der Waals surface area contributed by atoms with Crippen molar-refractivity contribution >= 4 is 15.7 Å². The van der Waals surface area contributed by atoms with Crippen LogP contribution in [0.1, 0.15) is 18.4 Å². The minimum absolute atomic E-state index is 0.00197. The van der Waals surface area contributed by atoms with Crippen LogP contribution in [0, 0.1) is 0 Å². The maximum absolute atomic E-state index is 12.0. The number of hydrogen-bond acceptors (Lipinski definition) is 3. The average molecular weight is 308 g/mol. The van der Waals surface area contributed by atoms with Crippen LogP contribution < -0.4 is 10.0 Å². The predicted molar refractivity (Wildman–Crippen MR) is 69.1 cm³/mol. The van der Waals surface area contributed by atoms with Gasteiger partial charge in [0.05, 0.1) is 11.3 Å². The van der Waals surface area contributed by atoms with Crippen LogP contribution in [-0.2, 0) is 16.4 Å². The van der Waals surface area contributed by atoms with E-state index in [9.17, 15) is 21.6 Å². The molecule has 0 fully saturated rings. The van der Waals surface area contributed by atoms with Crippen molar-refractivity contribution < 1.29 is 21.6 Å². The van der Waals surface area contributed by atoms with Gasteiger partial charge in [-0.15, -0.1) is 0 Å². The van der Waals surface area contributed by atoms with Gasteiger partial charge in [0.15, 0.2) is 0 Å². The van der Waals surface area contributed by atoms with Gasteiger partial charge in [0.2, 0.25) is 10.0 Å². The Morgan fingerprint density at radius 3 is 2.75 bits per heavy atom. The number of rotatable bonds is 4. The highest BCUT2D eigenvalue weighted by atomic mass is 32.2. The molecule has 0 saturated heterocycles. The molecule has 2 N–H and O–H groups in total. The van der Waals surface area contributed by atoms with Crippen LogP contribution in [0.15, 0.2) is 23.1 Å². The van der Waals surface area contributed by atoms with Crippen molar-refractivity contribution in [1.82, 2.24) is 4.72 Å². The smallest absolute Gasteiger partial charge is 0.385 e. The van der Waals surface area contributed by atoms with Crippen LogP contribution in [0.2, 0.25) is 0 Å². The second-order valence-electron chi connectivity index (χ2n) is 4.61. The molecule has 1 aliphatic rings. The molecule has 112 valence electrons. The third-order valence-electron chi connectivity index (χ3n) is 3.03. The summed E-state index contributed by atoms with van der Waals surface area (Å²) < 4.78 is 61.8. The Bertz CT molecular complexity index is 585. The van der Waals surface area contributed by atoms with Crippen LogP contribution in [0.5, 0.6) is 0 Å². The zero-order valence-corrected chi connectivity index (χ0v) is 11.4. The molecule has 1 aromatic carbocycles. The summed E-state index contributed by atoms with van der Waals surface area (Å²) in [6.07, 6.45) is -3.90. The molecule has 0 spiro atoms. The van der Waals surface area contributed by atoms with E-state index in [-0.39, 0.29) is 4.90 Å². The van der Waals surface area contributed by atoms with Gasteiger partial charge in [0, 0.05) is 18.8 Å². The fourth-order valence-corrected chi connectivity index (χ4v) is 3.11. The Kier molecular flexibility index (Phi) is 4.24. The van der Waals surface area contributed by atoms with Crippen LogP contribution in [0.25, 0.3) is 0 Å². The van der Waals surface area contributed by atoms with Crippen LogP contribution >= 0.6 is 0 Å². The number of aryl methyl sites for hydroxylation is 1. The van der Waals surface area contributed by atoms with Crippen molar-refractivity contribution in [2.24, 2.45) is 0 Å². The maximum atomic E-state index is 12.0. The van der Waals surface area contributed by atoms with Gasteiger partial charge in [-0.25, -0.2) is 13.1 Å². The summed E-state index contributed by atoms with van der Waals surface area (Å²) in [5.41, 5.74) is 1.75. The minimum Gasteiger partial charge on any atom is -0.385 e. The molecule has 20 heavy (non-hydrogen) atoms. The standard InChI is InChI=1S/C12H15F3N2O2S/c13-12(14,15)5-7-17-20(18,19)10-3-4-11-9(8-10)2-1-6-16-11/h3-4,8,16-17H,1-2,5-7H2. The van der Waals surface area contributed by atoms with Crippen molar-refractivity contribution in [2.45, 2.75) is 30.3 Å². The number of halogens is 3. The third-order valence-corrected chi connectivity index (χ3v) is 4.48. The van der Waals surface area contributed by atoms with E-state index >= 15 is 0 Å². The van der Waals surface area contributed by atoms with Gasteiger partial charge in [-0.05, 0) is 36.6 Å². The minimum atomic E-state index is -4.37. The molecule has 0 atom stereocenters. The molecule has 1 aliphatic heterocycles. The van der Waals surface area contributed by atoms with E-state index in [2.05, 4.69) is 5.32 Å². The lowest BCUT2D eigenvalue weighted by molar-refractivity contribution is -0.132. The Morgan fingerprint density at radius 2 is 2.05 bits per heavy atom. The first kappa shape index (κ1) is 15.1. The monoisotopic (exact) mass is 308 g/mol. The second kappa shape index (κ2) is 5.61. The van der Waals surface area contributed by atoms with Gasteiger partial charge in [-0.2, -0.15) is 13.2 Å². The largest absolute Gasteiger partial charge is 0.390 e. The fraction of sp³-hybridized carbons (Fsp3) is 0.500. The highest BCUT2D eigenvalue weighted by Crippen LogP contribution is 2.25. The van der Waals surface area contributed by atoms with Gasteiger partial charge in [-0.3, -0.25) is 0 Å². The summed E-state index contributed by atoms with van der Waals surface area (Å²) >= 11 is 0. The van der Waals surface area contributed by atoms with E-state index in [0.717, 1.165) is 30.6 Å². The lowest BCUT2D eigenvalue weighted by Crippen LogP contribution is -2.28. The van der Waals surface area contributed by atoms with Gasteiger partial charge in [0.25, 0.3) is 0 Å². The third kappa shape index (κ3) is 3.86. The second-order valence-corrected chi connectivity index (χ2v) is 6.38. The number of benzene rings is 1. The molecule has 0 aliphatic carbocycles. The molecule has 0 radical (unpaired) electrons. The molecule has 0 bridgehead atoms. The van der Waals surface area contributed by atoms with Crippen molar-refractivity contribution in [1.29, 1.82) is 0 Å². The number of sulfonamides is 1. The number of hydrogen-bond donors (Lipinski definition) is 2. The zero-order valence-electron chi connectivity index (χ0n) is 10.6. The summed E-state index contributed by atoms with van der Waals surface area (Å²) in [5.74, 6) is 0. The lowest BCUT2D eigenvalue weighted by atomic mass is 10.0. The normalized spacial score (nSPS) is 15.6. The molecule has 1 heterocycles. The van der Waals surface area contributed by atoms with Gasteiger partial charge >= 0.3 is 6.18 Å². The Labute approximate surface area is 115 Å². The first-order chi connectivity index (χ1) is 9.28. The van der Waals surface area contributed by atoms with E-state index in [1.54, 1.807) is 6.07 Å². The van der Waals surface area contributed by atoms with E-state index in [0.29, 0.717) is 0 Å². The summed E-state index contributed by atoms with van der Waals surface area (Å²) in [5, 5.41) is 3.14. The zero-order chi connectivity index (χ0) is 14.8. The van der Waals surface area contributed by atoms with Gasteiger partial charge in [-0.1, -0.05) is 0 Å². The Hall–Kier alpha value is -1.28. The van der Waals surface area contributed by atoms with E-state index in [1.165, 1.54) is 12.1 Å². The van der Waals surface area contributed by atoms with Crippen LogP contribution in [0.3, 0.4) is 0 Å². The number of alkyl halides is 3. The molecule has 0 amide bonds. The molecule has 4 nitrogen and oxygen atoms in total. The van der Waals surface area contributed by atoms with E-state index in [4.69, 9.17) is 0 Å². The van der Waals surface area contributed by atoms with Crippen LogP contribution in [0.4, 0.5) is 18.9 Å². The molecule has 2 rings (SSSR count). The van der Waals surface area contributed by atoms with Gasteiger partial charge < -0.3 is 5.32 Å². The topological polar surface area (TPSA) is 58.2 Å². The number of fused-ring (bicyclic) bond motifs is 1. The average Bonchev–Trinajstić information content (AvgIpc) is 2.36. The summed E-state index contributed by atoms with van der Waals surface area (Å²) in [4.78, 5) is 0.00197. The van der Waals surface area contributed by atoms with E-state index in [1.807, 2.05) is 4.72 Å². The summed E-state index contributed by atoms with van der Waals surface area (Å²) in [6, 6.07) is 4.55. The lowest BCUT2D eigenvalue weighted by Gasteiger charge is -2.18. The van der Waals surface area contributed by atoms with Crippen molar-refractivity contribution in [3.63, 3.8) is 0 Å². The fourth-order valence-electron chi connectivity index (χ4n) is 2.03. The Morgan fingerprint density at radius 1 is 1.30 bits per heavy atom. The highest BCUT2D eigenvalue weighted by molar-refractivity contribution is 7.89. The maximum Gasteiger partial charge on any atom is 0.390 e. The highest BCUT2D eigenvalue weighted by Gasteiger charge is 2.27. The Balaban J connectivity index is 2.09. The summed E-state index contributed by atoms with van der Waals surface area (Å²) in [7, 11) is -3.89. The molecule has 1 aromatic rings. The van der Waals surface area contributed by atoms with E-state index < -0.39 is 29.2 Å². The summed E-state index contributed by atoms with van der Waals surface area (Å²) in [6.45, 7) is 0.185. The quantitative estimate of drug-likeness (QED) is 0.897. The molecule has 0 unspecified atom stereocenters. The van der Waals surface area contributed by atoms with Crippen molar-refractivity contribution in [3.8, 4) is 0 Å². The molecule has 8 heteroatoms. The number of nitrogens with one attached hydrogen (secondary N) is 2. The first-order valence-corrected chi connectivity index (χ1v) is 7.69. The number of anilines is 1. The molecule has 0 saturated carbocycles. The molecular formula is C12H15F3N2O2S. The molecular weight excluding hydrogens is 293 g/mol. The predicted octanol–water partition coefficient (Wildman–Crippen LogP) is 2.28. The van der Waals surface area contributed by atoms with Crippen molar-refractivity contribution in [2.75, 3.05) is 18.4 Å². The molecule has 0 aromatic heterocycles. The van der Waals surface area contributed by atoms with Gasteiger partial charge in [0.1, 0.15) is 0 Å². The van der Waals surface area contributed by atoms with Crippen LogP contribution in [-0.4, -0.2) is 27.7 Å². The SMILES string of the molecule is O=S(=O)(NCCC(F)(F)F)c1ccc2c(c1)CCCN2.